The lowest BCUT2D eigenvalue weighted by atomic mass is 10.7. The summed E-state index contributed by atoms with van der Waals surface area (Å²) < 4.78 is 0. The molecule has 2 N–H and O–H groups in total. The molecule has 11 heavy (non-hydrogen) atoms. The summed E-state index contributed by atoms with van der Waals surface area (Å²) in [4.78, 5) is 9.28. The predicted molar refractivity (Wildman–Crippen MR) is 46.1 cm³/mol. The van der Waals surface area contributed by atoms with Crippen LogP contribution >= 0.6 is 0 Å². The van der Waals surface area contributed by atoms with Crippen LogP contribution in [0.3, 0.4) is 0 Å². The average molecular weight is 151 g/mol. The number of hydrogen-bond donors (Lipinski definition) is 2. The Hall–Kier alpha value is -1.51. The number of aromatic amines is 2. The van der Waals surface area contributed by atoms with Gasteiger partial charge in [-0.1, -0.05) is 7.43 Å². The minimum atomic E-state index is 0. The lowest BCUT2D eigenvalue weighted by Crippen LogP contribution is -1.44. The Bertz CT molecular complexity index is 149. The van der Waals surface area contributed by atoms with Gasteiger partial charge >= 0.3 is 0 Å². The number of aromatic nitrogens is 3. The second-order valence-electron chi connectivity index (χ2n) is 1.65. The topological polar surface area (TPSA) is 44.5 Å². The van der Waals surface area contributed by atoms with Crippen LogP contribution in [0.4, 0.5) is 0 Å². The van der Waals surface area contributed by atoms with Crippen LogP contribution in [0.1, 0.15) is 7.43 Å². The van der Waals surface area contributed by atoms with Gasteiger partial charge in [0, 0.05) is 24.8 Å². The van der Waals surface area contributed by atoms with Crippen molar-refractivity contribution in [2.75, 3.05) is 0 Å². The van der Waals surface area contributed by atoms with Crippen LogP contribution < -0.4 is 0 Å². The molecule has 2 aromatic rings. The van der Waals surface area contributed by atoms with E-state index in [9.17, 15) is 0 Å². The molecule has 2 aromatic heterocycles. The summed E-state index contributed by atoms with van der Waals surface area (Å²) in [5.74, 6) is 0. The van der Waals surface area contributed by atoms with Crippen LogP contribution in [0, 0.1) is 0 Å². The Morgan fingerprint density at radius 1 is 0.909 bits per heavy atom. The molecule has 0 aliphatic rings. The number of rotatable bonds is 0. The van der Waals surface area contributed by atoms with Gasteiger partial charge in [-0.15, -0.1) is 0 Å². The van der Waals surface area contributed by atoms with Crippen LogP contribution in [0.2, 0.25) is 0 Å². The fourth-order valence-electron chi connectivity index (χ4n) is 0.493. The molecule has 0 unspecified atom stereocenters. The fourth-order valence-corrected chi connectivity index (χ4v) is 0.493. The molecule has 3 nitrogen and oxygen atoms in total. The van der Waals surface area contributed by atoms with Crippen LogP contribution in [0.25, 0.3) is 0 Å². The molecular formula is C8H13N3. The smallest absolute Gasteiger partial charge is 0.0919 e. The molecule has 2 heterocycles. The van der Waals surface area contributed by atoms with E-state index in [-0.39, 0.29) is 7.43 Å². The molecule has 0 spiro atoms. The second-order valence-corrected chi connectivity index (χ2v) is 1.65. The van der Waals surface area contributed by atoms with Crippen molar-refractivity contribution in [2.45, 2.75) is 7.43 Å². The SMILES string of the molecule is C.c1c[nH]cn1.c1cc[nH]c1. The Morgan fingerprint density at radius 2 is 1.64 bits per heavy atom. The fraction of sp³-hybridized carbons (Fsp3) is 0.125. The zero-order valence-electron chi connectivity index (χ0n) is 5.49. The van der Waals surface area contributed by atoms with Crippen molar-refractivity contribution in [1.82, 2.24) is 15.0 Å². The van der Waals surface area contributed by atoms with Crippen LogP contribution in [-0.2, 0) is 0 Å². The number of H-pyrrole nitrogens is 2. The van der Waals surface area contributed by atoms with E-state index in [1.807, 2.05) is 24.5 Å². The monoisotopic (exact) mass is 151 g/mol. The second kappa shape index (κ2) is 6.61. The summed E-state index contributed by atoms with van der Waals surface area (Å²) in [7, 11) is 0. The third-order valence-electron chi connectivity index (χ3n) is 0.902. The summed E-state index contributed by atoms with van der Waals surface area (Å²) in [6.45, 7) is 0. The van der Waals surface area contributed by atoms with Crippen LogP contribution in [-0.4, -0.2) is 15.0 Å². The maximum atomic E-state index is 3.67. The first-order chi connectivity index (χ1) is 5.00. The molecule has 0 radical (unpaired) electrons. The standard InChI is InChI=1S/C4H5N.C3H4N2.CH4/c1-2-4-5-3-1;1-2-5-3-4-1;/h1-5H;1-3H,(H,4,5);1H4. The molecule has 0 atom stereocenters. The van der Waals surface area contributed by atoms with E-state index in [1.54, 1.807) is 18.7 Å². The Labute approximate surface area is 66.5 Å². The minimum Gasteiger partial charge on any atom is -0.368 e. The normalized spacial score (nSPS) is 7.27. The van der Waals surface area contributed by atoms with Gasteiger partial charge in [-0.2, -0.15) is 0 Å². The molecule has 0 bridgehead atoms. The van der Waals surface area contributed by atoms with E-state index < -0.39 is 0 Å². The van der Waals surface area contributed by atoms with Crippen molar-refractivity contribution in [3.63, 3.8) is 0 Å². The van der Waals surface area contributed by atoms with E-state index in [4.69, 9.17) is 0 Å². The van der Waals surface area contributed by atoms with E-state index in [1.165, 1.54) is 0 Å². The summed E-state index contributed by atoms with van der Waals surface area (Å²) in [6, 6.07) is 3.89. The van der Waals surface area contributed by atoms with E-state index in [0.717, 1.165) is 0 Å². The molecular weight excluding hydrogens is 138 g/mol. The third-order valence-corrected chi connectivity index (χ3v) is 0.902. The van der Waals surface area contributed by atoms with Gasteiger partial charge in [0.15, 0.2) is 0 Å². The van der Waals surface area contributed by atoms with Crippen molar-refractivity contribution in [3.8, 4) is 0 Å². The van der Waals surface area contributed by atoms with Gasteiger partial charge in [-0.3, -0.25) is 0 Å². The number of hydrogen-bond acceptors (Lipinski definition) is 1. The largest absolute Gasteiger partial charge is 0.368 e. The maximum Gasteiger partial charge on any atom is 0.0919 e. The van der Waals surface area contributed by atoms with Gasteiger partial charge in [0.05, 0.1) is 6.33 Å². The molecule has 0 aliphatic carbocycles. The maximum absolute atomic E-state index is 3.67. The first kappa shape index (κ1) is 9.49. The molecule has 0 saturated carbocycles. The summed E-state index contributed by atoms with van der Waals surface area (Å²) in [6.07, 6.45) is 8.83. The van der Waals surface area contributed by atoms with Crippen molar-refractivity contribution in [3.05, 3.63) is 43.2 Å². The number of imidazole rings is 1. The highest BCUT2D eigenvalue weighted by molar-refractivity contribution is 4.84. The highest BCUT2D eigenvalue weighted by atomic mass is 14.8. The van der Waals surface area contributed by atoms with Crippen molar-refractivity contribution in [2.24, 2.45) is 0 Å². The Morgan fingerprint density at radius 3 is 1.82 bits per heavy atom. The van der Waals surface area contributed by atoms with E-state index in [2.05, 4.69) is 15.0 Å². The highest BCUT2D eigenvalue weighted by Gasteiger charge is 1.56. The predicted octanol–water partition coefficient (Wildman–Crippen LogP) is 2.06. The third kappa shape index (κ3) is 4.96. The highest BCUT2D eigenvalue weighted by Crippen LogP contribution is 1.72. The van der Waals surface area contributed by atoms with Gasteiger partial charge in [0.1, 0.15) is 0 Å². The minimum absolute atomic E-state index is 0. The van der Waals surface area contributed by atoms with Crippen molar-refractivity contribution >= 4 is 0 Å². The van der Waals surface area contributed by atoms with E-state index >= 15 is 0 Å². The van der Waals surface area contributed by atoms with Gasteiger partial charge in [0.25, 0.3) is 0 Å². The molecule has 2 rings (SSSR count). The number of nitrogens with zero attached hydrogens (tertiary/aromatic N) is 1. The Kier molecular flexibility index (Phi) is 5.70. The summed E-state index contributed by atoms with van der Waals surface area (Å²) >= 11 is 0. The molecule has 60 valence electrons. The first-order valence-corrected chi connectivity index (χ1v) is 3.00. The van der Waals surface area contributed by atoms with Gasteiger partial charge < -0.3 is 9.97 Å². The van der Waals surface area contributed by atoms with Crippen molar-refractivity contribution in [1.29, 1.82) is 0 Å². The Balaban J connectivity index is 0.000000167. The van der Waals surface area contributed by atoms with Crippen molar-refractivity contribution < 1.29 is 0 Å². The summed E-state index contributed by atoms with van der Waals surface area (Å²) in [5, 5.41) is 0. The average Bonchev–Trinajstić information content (AvgIpc) is 2.67. The van der Waals surface area contributed by atoms with Gasteiger partial charge in [-0.05, 0) is 12.1 Å². The van der Waals surface area contributed by atoms with Gasteiger partial charge in [0.2, 0.25) is 0 Å². The molecule has 0 fully saturated rings. The quantitative estimate of drug-likeness (QED) is 0.594. The zero-order valence-corrected chi connectivity index (χ0v) is 5.49. The van der Waals surface area contributed by atoms with E-state index in [0.29, 0.717) is 0 Å². The first-order valence-electron chi connectivity index (χ1n) is 3.00. The van der Waals surface area contributed by atoms with Crippen LogP contribution in [0.15, 0.2) is 43.2 Å². The zero-order chi connectivity index (χ0) is 7.07. The molecule has 3 heteroatoms. The van der Waals surface area contributed by atoms with Crippen LogP contribution in [0.5, 0.6) is 0 Å². The lowest BCUT2D eigenvalue weighted by molar-refractivity contribution is 1.31. The molecule has 0 aromatic carbocycles. The number of nitrogens with one attached hydrogen (secondary N) is 2. The molecule has 0 amide bonds. The lowest BCUT2D eigenvalue weighted by Gasteiger charge is -1.49. The summed E-state index contributed by atoms with van der Waals surface area (Å²) in [5.41, 5.74) is 0. The molecule has 0 aliphatic heterocycles. The van der Waals surface area contributed by atoms with Gasteiger partial charge in [-0.25, -0.2) is 4.98 Å². The molecule has 0 saturated heterocycles.